The smallest absolute Gasteiger partial charge is 0.331 e. The molecule has 2 aromatic rings. The first-order chi connectivity index (χ1) is 12.5. The number of hydrogen-bond acceptors (Lipinski definition) is 5. The Morgan fingerprint density at radius 1 is 1.27 bits per heavy atom. The molecule has 1 aliphatic rings. The highest BCUT2D eigenvalue weighted by atomic mass is 16.4. The molecule has 26 heavy (non-hydrogen) atoms. The van der Waals surface area contributed by atoms with Crippen molar-refractivity contribution in [2.75, 3.05) is 18.0 Å². The number of aryl methyl sites for hydroxylation is 2. The largest absolute Gasteiger partial charge is 0.479 e. The number of pyridine rings is 1. The molecule has 3 N–H and O–H groups in total. The molecule has 1 saturated heterocycles. The van der Waals surface area contributed by atoms with E-state index in [-0.39, 0.29) is 5.69 Å². The second-order valence-electron chi connectivity index (χ2n) is 6.51. The maximum Gasteiger partial charge on any atom is 0.331 e. The van der Waals surface area contributed by atoms with Crippen LogP contribution in [0.25, 0.3) is 0 Å². The van der Waals surface area contributed by atoms with Crippen LogP contribution >= 0.6 is 0 Å². The maximum absolute atomic E-state index is 12.8. The number of rotatable bonds is 5. The molecule has 0 aromatic carbocycles. The van der Waals surface area contributed by atoms with Gasteiger partial charge in [-0.15, -0.1) is 0 Å². The molecule has 0 aliphatic carbocycles. The number of anilines is 1. The Balaban J connectivity index is 1.88. The van der Waals surface area contributed by atoms with Crippen LogP contribution in [-0.2, 0) is 4.79 Å². The van der Waals surface area contributed by atoms with Crippen molar-refractivity contribution in [2.24, 2.45) is 0 Å². The molecule has 1 aliphatic heterocycles. The van der Waals surface area contributed by atoms with Crippen molar-refractivity contribution < 1.29 is 14.7 Å². The van der Waals surface area contributed by atoms with Crippen LogP contribution in [0.4, 0.5) is 5.69 Å². The molecule has 8 heteroatoms. The molecule has 1 amide bonds. The van der Waals surface area contributed by atoms with Crippen molar-refractivity contribution in [3.05, 3.63) is 41.0 Å². The lowest BCUT2D eigenvalue weighted by molar-refractivity contribution is -0.139. The number of carboxylic acid groups (broad SMARTS) is 1. The number of carbonyl (C=O) groups is 2. The summed E-state index contributed by atoms with van der Waals surface area (Å²) in [5, 5.41) is 19.0. The summed E-state index contributed by atoms with van der Waals surface area (Å²) >= 11 is 0. The fourth-order valence-corrected chi connectivity index (χ4v) is 3.40. The van der Waals surface area contributed by atoms with Crippen LogP contribution in [0.1, 0.15) is 52.7 Å². The zero-order valence-corrected chi connectivity index (χ0v) is 15.0. The summed E-state index contributed by atoms with van der Waals surface area (Å²) in [6.45, 7) is 5.18. The molecular weight excluding hydrogens is 334 g/mol. The highest BCUT2D eigenvalue weighted by molar-refractivity contribution is 5.99. The third-order valence-corrected chi connectivity index (χ3v) is 4.69. The molecule has 2 aromatic heterocycles. The summed E-state index contributed by atoms with van der Waals surface area (Å²) in [6, 6.07) is 2.47. The number of nitrogens with one attached hydrogen (secondary N) is 2. The monoisotopic (exact) mass is 357 g/mol. The Bertz CT molecular complexity index is 791. The highest BCUT2D eigenvalue weighted by Gasteiger charge is 2.29. The number of piperidine rings is 1. The maximum atomic E-state index is 12.8. The van der Waals surface area contributed by atoms with Gasteiger partial charge in [0.2, 0.25) is 0 Å². The molecule has 0 bridgehead atoms. The van der Waals surface area contributed by atoms with E-state index in [0.717, 1.165) is 31.6 Å². The van der Waals surface area contributed by atoms with Crippen LogP contribution in [0, 0.1) is 13.8 Å². The molecule has 138 valence electrons. The number of aromatic nitrogens is 3. The van der Waals surface area contributed by atoms with Crippen molar-refractivity contribution in [1.82, 2.24) is 20.5 Å². The van der Waals surface area contributed by atoms with Crippen molar-refractivity contribution in [3.63, 3.8) is 0 Å². The zero-order valence-electron chi connectivity index (χ0n) is 15.0. The van der Waals surface area contributed by atoms with Gasteiger partial charge in [-0.3, -0.25) is 9.89 Å². The van der Waals surface area contributed by atoms with E-state index in [2.05, 4.69) is 25.4 Å². The van der Waals surface area contributed by atoms with Gasteiger partial charge in [0.1, 0.15) is 0 Å². The number of nitrogens with zero attached hydrogens (tertiary/aromatic N) is 3. The fourth-order valence-electron chi connectivity index (χ4n) is 3.40. The van der Waals surface area contributed by atoms with Gasteiger partial charge in [-0.05, 0) is 45.2 Å². The molecule has 3 heterocycles. The van der Waals surface area contributed by atoms with Gasteiger partial charge in [0.15, 0.2) is 11.7 Å². The van der Waals surface area contributed by atoms with E-state index in [4.69, 9.17) is 0 Å². The first kappa shape index (κ1) is 17.9. The molecule has 0 radical (unpaired) electrons. The number of amides is 1. The van der Waals surface area contributed by atoms with Gasteiger partial charge in [0.05, 0.1) is 11.4 Å². The zero-order chi connectivity index (χ0) is 18.7. The minimum atomic E-state index is -1.18. The lowest BCUT2D eigenvalue weighted by Gasteiger charge is -2.30. The first-order valence-corrected chi connectivity index (χ1v) is 8.74. The number of hydrogen-bond donors (Lipinski definition) is 3. The van der Waals surface area contributed by atoms with Gasteiger partial charge in [0, 0.05) is 30.5 Å². The summed E-state index contributed by atoms with van der Waals surface area (Å²) in [7, 11) is 0. The molecule has 8 nitrogen and oxygen atoms in total. The van der Waals surface area contributed by atoms with Crippen LogP contribution in [0.2, 0.25) is 0 Å². The number of aliphatic carboxylic acids is 1. The Morgan fingerprint density at radius 2 is 2.00 bits per heavy atom. The van der Waals surface area contributed by atoms with E-state index >= 15 is 0 Å². The lowest BCUT2D eigenvalue weighted by Crippen LogP contribution is -2.37. The Kier molecular flexibility index (Phi) is 5.20. The number of aromatic amines is 1. The topological polar surface area (TPSA) is 111 Å². The van der Waals surface area contributed by atoms with Gasteiger partial charge in [0.25, 0.3) is 5.91 Å². The third-order valence-electron chi connectivity index (χ3n) is 4.69. The normalized spacial score (nSPS) is 15.5. The summed E-state index contributed by atoms with van der Waals surface area (Å²) in [6.07, 6.45) is 4.87. The number of carbonyl (C=O) groups excluding carboxylic acids is 1. The molecule has 3 rings (SSSR count). The molecule has 1 atom stereocenters. The Labute approximate surface area is 151 Å². The van der Waals surface area contributed by atoms with Gasteiger partial charge in [-0.2, -0.15) is 5.10 Å². The van der Waals surface area contributed by atoms with Crippen LogP contribution in [0.3, 0.4) is 0 Å². The van der Waals surface area contributed by atoms with E-state index in [1.165, 1.54) is 6.42 Å². The van der Waals surface area contributed by atoms with E-state index in [1.807, 2.05) is 6.07 Å². The minimum Gasteiger partial charge on any atom is -0.479 e. The van der Waals surface area contributed by atoms with Crippen LogP contribution in [-0.4, -0.2) is 45.3 Å². The van der Waals surface area contributed by atoms with Crippen LogP contribution < -0.4 is 10.2 Å². The summed E-state index contributed by atoms with van der Waals surface area (Å²) in [5.74, 6) is -1.64. The van der Waals surface area contributed by atoms with E-state index in [0.29, 0.717) is 17.0 Å². The van der Waals surface area contributed by atoms with Gasteiger partial charge < -0.3 is 15.3 Å². The Hall–Kier alpha value is -2.90. The summed E-state index contributed by atoms with van der Waals surface area (Å²) < 4.78 is 0. The highest BCUT2D eigenvalue weighted by Crippen LogP contribution is 2.25. The molecular formula is C18H23N5O3. The Morgan fingerprint density at radius 3 is 2.62 bits per heavy atom. The van der Waals surface area contributed by atoms with E-state index in [1.54, 1.807) is 26.1 Å². The third kappa shape index (κ3) is 3.54. The second-order valence-corrected chi connectivity index (χ2v) is 6.51. The predicted molar refractivity (Wildman–Crippen MR) is 96.2 cm³/mol. The minimum absolute atomic E-state index is 0.249. The lowest BCUT2D eigenvalue weighted by atomic mass is 10.0. The quantitative estimate of drug-likeness (QED) is 0.754. The van der Waals surface area contributed by atoms with Gasteiger partial charge in [-0.1, -0.05) is 0 Å². The summed E-state index contributed by atoms with van der Waals surface area (Å²) in [4.78, 5) is 31.0. The van der Waals surface area contributed by atoms with Gasteiger partial charge >= 0.3 is 5.97 Å². The average molecular weight is 357 g/mol. The van der Waals surface area contributed by atoms with Crippen molar-refractivity contribution in [1.29, 1.82) is 0 Å². The molecule has 0 unspecified atom stereocenters. The molecule has 0 saturated carbocycles. The SMILES string of the molecule is Cc1n[nH]c(C)c1[C@H](NC(=O)c1ncccc1N1CCCCC1)C(=O)O. The second kappa shape index (κ2) is 7.55. The van der Waals surface area contributed by atoms with E-state index < -0.39 is 17.9 Å². The number of carboxylic acids is 1. The summed E-state index contributed by atoms with van der Waals surface area (Å²) in [5.41, 5.74) is 2.63. The number of H-pyrrole nitrogens is 1. The fraction of sp³-hybridized carbons (Fsp3) is 0.444. The van der Waals surface area contributed by atoms with Crippen LogP contribution in [0.15, 0.2) is 18.3 Å². The van der Waals surface area contributed by atoms with E-state index in [9.17, 15) is 14.7 Å². The van der Waals surface area contributed by atoms with Crippen molar-refractivity contribution >= 4 is 17.6 Å². The molecule has 1 fully saturated rings. The van der Waals surface area contributed by atoms with Gasteiger partial charge in [-0.25, -0.2) is 9.78 Å². The average Bonchev–Trinajstić information content (AvgIpc) is 2.98. The molecule has 0 spiro atoms. The van der Waals surface area contributed by atoms with Crippen molar-refractivity contribution in [2.45, 2.75) is 39.2 Å². The predicted octanol–water partition coefficient (Wildman–Crippen LogP) is 1.97. The first-order valence-electron chi connectivity index (χ1n) is 8.74. The standard InChI is InChI=1S/C18H23N5O3/c1-11-14(12(2)22-21-11)16(18(25)26)20-17(24)15-13(7-6-8-19-15)23-9-4-3-5-10-23/h6-8,16H,3-5,9-10H2,1-2H3,(H,20,24)(H,21,22)(H,25,26)/t16-/m0/s1. The van der Waals surface area contributed by atoms with Crippen molar-refractivity contribution in [3.8, 4) is 0 Å². The van der Waals surface area contributed by atoms with Crippen LogP contribution in [0.5, 0.6) is 0 Å².